The smallest absolute Gasteiger partial charge is 0.266 e. The first-order valence-electron chi connectivity index (χ1n) is 6.86. The van der Waals surface area contributed by atoms with Gasteiger partial charge in [-0.25, -0.2) is 4.98 Å². The Kier molecular flexibility index (Phi) is 3.81. The van der Waals surface area contributed by atoms with Crippen molar-refractivity contribution in [1.82, 2.24) is 14.8 Å². The summed E-state index contributed by atoms with van der Waals surface area (Å²) in [7, 11) is 1.85. The van der Waals surface area contributed by atoms with Crippen molar-refractivity contribution in [3.63, 3.8) is 0 Å². The lowest BCUT2D eigenvalue weighted by Gasteiger charge is -2.11. The first kappa shape index (κ1) is 14.5. The van der Waals surface area contributed by atoms with Crippen LogP contribution >= 0.6 is 11.3 Å². The second-order valence-corrected chi connectivity index (χ2v) is 6.21. The summed E-state index contributed by atoms with van der Waals surface area (Å²) in [6, 6.07) is 7.74. The van der Waals surface area contributed by atoms with Crippen molar-refractivity contribution in [1.29, 1.82) is 0 Å². The van der Waals surface area contributed by atoms with E-state index >= 15 is 0 Å². The van der Waals surface area contributed by atoms with Crippen molar-refractivity contribution in [2.24, 2.45) is 7.05 Å². The molecule has 114 valence electrons. The molecule has 0 aliphatic carbocycles. The number of fused-ring (bicyclic) bond motifs is 1. The largest absolute Gasteiger partial charge is 0.463 e. The summed E-state index contributed by atoms with van der Waals surface area (Å²) in [5, 5.41) is 8.53. The molecule has 2 aromatic heterocycles. The summed E-state index contributed by atoms with van der Waals surface area (Å²) in [5.74, 6) is 0.208. The lowest BCUT2D eigenvalue weighted by atomic mass is 10.2. The van der Waals surface area contributed by atoms with Gasteiger partial charge in [-0.15, -0.1) is 16.4 Å². The fourth-order valence-electron chi connectivity index (χ4n) is 2.11. The van der Waals surface area contributed by atoms with Gasteiger partial charge >= 0.3 is 0 Å². The number of nitrogens with one attached hydrogen (secondary N) is 1. The van der Waals surface area contributed by atoms with Gasteiger partial charge in [-0.1, -0.05) is 12.1 Å². The molecule has 0 fully saturated rings. The summed E-state index contributed by atoms with van der Waals surface area (Å²) in [6.45, 7) is 3.63. The highest BCUT2D eigenvalue weighted by atomic mass is 32.1. The average Bonchev–Trinajstić information content (AvgIpc) is 3.04. The number of nitrogens with zero attached hydrogens (tertiary/aromatic N) is 3. The number of carbonyl (C=O) groups is 1. The highest BCUT2D eigenvalue weighted by Crippen LogP contribution is 2.25. The monoisotopic (exact) mass is 316 g/mol. The second kappa shape index (κ2) is 5.76. The van der Waals surface area contributed by atoms with Gasteiger partial charge in [-0.2, -0.15) is 0 Å². The molecule has 6 nitrogen and oxygen atoms in total. The van der Waals surface area contributed by atoms with E-state index in [4.69, 9.17) is 4.74 Å². The van der Waals surface area contributed by atoms with E-state index in [2.05, 4.69) is 15.4 Å². The summed E-state index contributed by atoms with van der Waals surface area (Å²) in [6.07, 6.45) is 1.06. The molecule has 1 aromatic carbocycles. The molecule has 0 spiro atoms. The minimum Gasteiger partial charge on any atom is -0.463 e. The zero-order valence-corrected chi connectivity index (χ0v) is 13.3. The topological polar surface area (TPSA) is 69.0 Å². The minimum absolute atomic E-state index is 0.246. The second-order valence-electron chi connectivity index (χ2n) is 4.97. The van der Waals surface area contributed by atoms with Crippen LogP contribution in [0.1, 0.15) is 11.8 Å². The number of amides is 1. The summed E-state index contributed by atoms with van der Waals surface area (Å²) >= 11 is 1.43. The molecule has 0 radical (unpaired) electrons. The van der Waals surface area contributed by atoms with E-state index in [-0.39, 0.29) is 5.91 Å². The Morgan fingerprint density at radius 2 is 2.18 bits per heavy atom. The maximum atomic E-state index is 12.2. The van der Waals surface area contributed by atoms with Gasteiger partial charge in [0.15, 0.2) is 11.2 Å². The molecule has 1 amide bonds. The van der Waals surface area contributed by atoms with Crippen LogP contribution < -0.4 is 10.1 Å². The number of ether oxygens (including phenoxy) is 1. The summed E-state index contributed by atoms with van der Waals surface area (Å²) < 4.78 is 7.46. The van der Waals surface area contributed by atoms with Gasteiger partial charge in [0.25, 0.3) is 5.91 Å². The van der Waals surface area contributed by atoms with E-state index in [1.165, 1.54) is 11.3 Å². The van der Waals surface area contributed by atoms with Crippen LogP contribution in [0.4, 0.5) is 5.13 Å². The fourth-order valence-corrected chi connectivity index (χ4v) is 2.78. The molecule has 22 heavy (non-hydrogen) atoms. The molecular formula is C15H16N4O2S. The zero-order chi connectivity index (χ0) is 15.7. The first-order valence-corrected chi connectivity index (χ1v) is 7.68. The maximum absolute atomic E-state index is 12.2. The van der Waals surface area contributed by atoms with Crippen molar-refractivity contribution < 1.29 is 9.53 Å². The van der Waals surface area contributed by atoms with Gasteiger partial charge in [0.1, 0.15) is 0 Å². The highest BCUT2D eigenvalue weighted by Gasteiger charge is 2.19. The number of rotatable bonds is 4. The normalized spacial score (nSPS) is 12.3. The number of aromatic nitrogens is 3. The van der Waals surface area contributed by atoms with Gasteiger partial charge in [0.05, 0.1) is 10.9 Å². The molecule has 2 heterocycles. The minimum atomic E-state index is -0.664. The molecule has 0 bridgehead atoms. The van der Waals surface area contributed by atoms with E-state index in [1.807, 2.05) is 38.2 Å². The molecule has 0 aliphatic rings. The number of anilines is 1. The SMILES string of the molecule is Cc1cnc(NC(=O)[C@@H](C)Oc2nn(C)c3ccccc23)s1. The number of benzene rings is 1. The number of aryl methyl sites for hydroxylation is 2. The van der Waals surface area contributed by atoms with Crippen molar-refractivity contribution in [3.8, 4) is 5.88 Å². The zero-order valence-electron chi connectivity index (χ0n) is 12.5. The number of carbonyl (C=O) groups excluding carboxylic acids is 1. The van der Waals surface area contributed by atoms with Crippen LogP contribution in [0, 0.1) is 6.92 Å². The molecule has 1 atom stereocenters. The molecule has 1 N–H and O–H groups in total. The Morgan fingerprint density at radius 3 is 2.91 bits per heavy atom. The van der Waals surface area contributed by atoms with Crippen LogP contribution in [0.25, 0.3) is 10.9 Å². The van der Waals surface area contributed by atoms with Gasteiger partial charge in [0.2, 0.25) is 5.88 Å². The van der Waals surface area contributed by atoms with Crippen molar-refractivity contribution in [2.45, 2.75) is 20.0 Å². The molecule has 0 unspecified atom stereocenters. The Morgan fingerprint density at radius 1 is 1.41 bits per heavy atom. The van der Waals surface area contributed by atoms with Gasteiger partial charge < -0.3 is 4.74 Å². The predicted molar refractivity (Wildman–Crippen MR) is 86.3 cm³/mol. The lowest BCUT2D eigenvalue weighted by molar-refractivity contribution is -0.122. The van der Waals surface area contributed by atoms with Crippen LogP contribution in [0.5, 0.6) is 5.88 Å². The molecule has 0 saturated heterocycles. The van der Waals surface area contributed by atoms with Crippen LogP contribution in [-0.2, 0) is 11.8 Å². The third kappa shape index (κ3) is 2.80. The molecule has 7 heteroatoms. The van der Waals surface area contributed by atoms with E-state index in [0.717, 1.165) is 15.8 Å². The Bertz CT molecular complexity index is 824. The van der Waals surface area contributed by atoms with E-state index in [0.29, 0.717) is 11.0 Å². The van der Waals surface area contributed by atoms with Crippen molar-refractivity contribution in [3.05, 3.63) is 35.3 Å². The average molecular weight is 316 g/mol. The molecule has 0 saturated carbocycles. The van der Waals surface area contributed by atoms with Crippen molar-refractivity contribution in [2.75, 3.05) is 5.32 Å². The number of thiazole rings is 1. The van der Waals surface area contributed by atoms with Crippen LogP contribution in [0.2, 0.25) is 0 Å². The Hall–Kier alpha value is -2.41. The fraction of sp³-hybridized carbons (Fsp3) is 0.267. The maximum Gasteiger partial charge on any atom is 0.266 e. The van der Waals surface area contributed by atoms with Gasteiger partial charge in [0, 0.05) is 18.1 Å². The number of hydrogen-bond acceptors (Lipinski definition) is 5. The predicted octanol–water partition coefficient (Wildman–Crippen LogP) is 2.74. The van der Waals surface area contributed by atoms with Crippen molar-refractivity contribution >= 4 is 33.3 Å². The van der Waals surface area contributed by atoms with Gasteiger partial charge in [-0.3, -0.25) is 14.8 Å². The molecule has 3 aromatic rings. The standard InChI is InChI=1S/C15H16N4O2S/c1-9-8-16-15(22-9)17-13(20)10(2)21-14-11-6-4-5-7-12(11)19(3)18-14/h4-8,10H,1-3H3,(H,16,17,20)/t10-/m1/s1. The number of para-hydroxylation sites is 1. The van der Waals surface area contributed by atoms with Gasteiger partial charge in [-0.05, 0) is 26.0 Å². The number of hydrogen-bond donors (Lipinski definition) is 1. The van der Waals surface area contributed by atoms with E-state index in [9.17, 15) is 4.79 Å². The third-order valence-electron chi connectivity index (χ3n) is 3.23. The first-order chi connectivity index (χ1) is 10.5. The van der Waals surface area contributed by atoms with E-state index < -0.39 is 6.10 Å². The quantitative estimate of drug-likeness (QED) is 0.803. The molecule has 3 rings (SSSR count). The van der Waals surface area contributed by atoms with Crippen LogP contribution in [-0.4, -0.2) is 26.8 Å². The Balaban J connectivity index is 1.75. The van der Waals surface area contributed by atoms with Crippen LogP contribution in [0.15, 0.2) is 30.5 Å². The lowest BCUT2D eigenvalue weighted by Crippen LogP contribution is -2.30. The summed E-state index contributed by atoms with van der Waals surface area (Å²) in [4.78, 5) is 17.3. The third-order valence-corrected chi connectivity index (χ3v) is 4.06. The molecular weight excluding hydrogens is 300 g/mol. The Labute approximate surface area is 131 Å². The molecule has 0 aliphatic heterocycles. The highest BCUT2D eigenvalue weighted by molar-refractivity contribution is 7.15. The summed E-state index contributed by atoms with van der Waals surface area (Å²) in [5.41, 5.74) is 0.959. The van der Waals surface area contributed by atoms with Crippen LogP contribution in [0.3, 0.4) is 0 Å². The van der Waals surface area contributed by atoms with E-state index in [1.54, 1.807) is 17.8 Å².